The molecule has 2 rings (SSSR count). The topological polar surface area (TPSA) is 55.4 Å². The highest BCUT2D eigenvalue weighted by Gasteiger charge is 2.35. The molecule has 4 nitrogen and oxygen atoms in total. The number of benzene rings is 1. The van der Waals surface area contributed by atoms with Gasteiger partial charge in [-0.2, -0.15) is 0 Å². The third kappa shape index (κ3) is 3.77. The monoisotopic (exact) mass is 311 g/mol. The van der Waals surface area contributed by atoms with Crippen LogP contribution in [0.15, 0.2) is 29.2 Å². The third-order valence-corrected chi connectivity index (χ3v) is 6.46. The average Bonchev–Trinajstić information content (AvgIpc) is 2.73. The number of hydrogen-bond donors (Lipinski definition) is 1. The van der Waals surface area contributed by atoms with Crippen molar-refractivity contribution in [3.05, 3.63) is 24.3 Å². The van der Waals surface area contributed by atoms with Crippen molar-refractivity contribution in [2.45, 2.75) is 55.2 Å². The van der Waals surface area contributed by atoms with Crippen molar-refractivity contribution in [1.82, 2.24) is 5.32 Å². The largest absolute Gasteiger partial charge is 0.497 e. The number of methoxy groups -OCH3 is 1. The van der Waals surface area contributed by atoms with E-state index in [4.69, 9.17) is 4.74 Å². The van der Waals surface area contributed by atoms with Crippen molar-refractivity contribution >= 4 is 9.84 Å². The molecule has 5 heteroatoms. The van der Waals surface area contributed by atoms with Gasteiger partial charge in [0.15, 0.2) is 9.84 Å². The van der Waals surface area contributed by atoms with Crippen LogP contribution >= 0.6 is 0 Å². The Kier molecular flexibility index (Phi) is 5.65. The summed E-state index contributed by atoms with van der Waals surface area (Å²) < 4.78 is 31.2. The Morgan fingerprint density at radius 2 is 2.00 bits per heavy atom. The van der Waals surface area contributed by atoms with Gasteiger partial charge < -0.3 is 10.1 Å². The van der Waals surface area contributed by atoms with Gasteiger partial charge in [-0.05, 0) is 37.6 Å². The standard InChI is InChI=1S/C16H25NO3S/c1-3-17-15-10-5-4-6-11-16(15)21(18,19)14-9-7-8-13(12-14)20-2/h7-9,12,15-17H,3-6,10-11H2,1-2H3. The van der Waals surface area contributed by atoms with E-state index in [1.807, 2.05) is 6.92 Å². The Morgan fingerprint density at radius 1 is 1.24 bits per heavy atom. The van der Waals surface area contributed by atoms with Gasteiger partial charge >= 0.3 is 0 Å². The molecule has 0 aromatic heterocycles. The van der Waals surface area contributed by atoms with Crippen molar-refractivity contribution in [1.29, 1.82) is 0 Å². The number of sulfone groups is 1. The van der Waals surface area contributed by atoms with Gasteiger partial charge in [-0.1, -0.05) is 32.3 Å². The molecule has 2 atom stereocenters. The quantitative estimate of drug-likeness (QED) is 0.850. The first-order chi connectivity index (χ1) is 10.1. The van der Waals surface area contributed by atoms with Crippen LogP contribution in [0, 0.1) is 0 Å². The van der Waals surface area contributed by atoms with E-state index in [2.05, 4.69) is 5.32 Å². The number of hydrogen-bond acceptors (Lipinski definition) is 4. The number of rotatable bonds is 5. The van der Waals surface area contributed by atoms with Crippen molar-refractivity contribution < 1.29 is 13.2 Å². The van der Waals surface area contributed by atoms with Crippen molar-refractivity contribution in [3.8, 4) is 5.75 Å². The van der Waals surface area contributed by atoms with Gasteiger partial charge in [0, 0.05) is 6.04 Å². The first kappa shape index (κ1) is 16.3. The molecule has 1 aromatic carbocycles. The Morgan fingerprint density at radius 3 is 2.71 bits per heavy atom. The van der Waals surface area contributed by atoms with Crippen molar-refractivity contribution in [2.24, 2.45) is 0 Å². The molecule has 0 bridgehead atoms. The van der Waals surface area contributed by atoms with Crippen molar-refractivity contribution in [2.75, 3.05) is 13.7 Å². The Balaban J connectivity index is 2.34. The first-order valence-electron chi connectivity index (χ1n) is 7.71. The second kappa shape index (κ2) is 7.27. The summed E-state index contributed by atoms with van der Waals surface area (Å²) in [5, 5.41) is 3.03. The van der Waals surface area contributed by atoms with Crippen LogP contribution in [0.25, 0.3) is 0 Å². The van der Waals surface area contributed by atoms with Crippen LogP contribution in [0.4, 0.5) is 0 Å². The van der Waals surface area contributed by atoms with Gasteiger partial charge in [0.25, 0.3) is 0 Å². The summed E-state index contributed by atoms with van der Waals surface area (Å²) >= 11 is 0. The molecule has 0 spiro atoms. The highest BCUT2D eigenvalue weighted by atomic mass is 32.2. The summed E-state index contributed by atoms with van der Waals surface area (Å²) in [4.78, 5) is 0.372. The maximum Gasteiger partial charge on any atom is 0.182 e. The van der Waals surface area contributed by atoms with Crippen LogP contribution in [-0.4, -0.2) is 33.4 Å². The molecule has 0 amide bonds. The van der Waals surface area contributed by atoms with Crippen molar-refractivity contribution in [3.63, 3.8) is 0 Å². The minimum absolute atomic E-state index is 0.0497. The van der Waals surface area contributed by atoms with Gasteiger partial charge in [0.2, 0.25) is 0 Å². The van der Waals surface area contributed by atoms with E-state index in [1.54, 1.807) is 31.4 Å². The van der Waals surface area contributed by atoms with E-state index in [-0.39, 0.29) is 11.3 Å². The molecule has 0 radical (unpaired) electrons. The normalized spacial score (nSPS) is 23.5. The number of ether oxygens (including phenoxy) is 1. The van der Waals surface area contributed by atoms with Crippen LogP contribution in [0.5, 0.6) is 5.75 Å². The van der Waals surface area contributed by atoms with Gasteiger partial charge in [-0.25, -0.2) is 8.42 Å². The van der Waals surface area contributed by atoms with Gasteiger partial charge in [0.05, 0.1) is 17.3 Å². The van der Waals surface area contributed by atoms with Crippen LogP contribution in [-0.2, 0) is 9.84 Å². The van der Waals surface area contributed by atoms with E-state index in [0.29, 0.717) is 10.6 Å². The lowest BCUT2D eigenvalue weighted by molar-refractivity contribution is 0.413. The molecule has 2 unspecified atom stereocenters. The van der Waals surface area contributed by atoms with E-state index < -0.39 is 9.84 Å². The lowest BCUT2D eigenvalue weighted by atomic mass is 10.1. The van der Waals surface area contributed by atoms with Crippen LogP contribution < -0.4 is 10.1 Å². The molecule has 1 aliphatic carbocycles. The van der Waals surface area contributed by atoms with Gasteiger partial charge in [0.1, 0.15) is 5.75 Å². The molecule has 1 aromatic rings. The fraction of sp³-hybridized carbons (Fsp3) is 0.625. The highest BCUT2D eigenvalue weighted by Crippen LogP contribution is 2.29. The van der Waals surface area contributed by atoms with E-state index in [0.717, 1.165) is 38.6 Å². The summed E-state index contributed by atoms with van der Waals surface area (Å²) in [6.45, 7) is 2.83. The number of nitrogens with one attached hydrogen (secondary N) is 1. The zero-order valence-electron chi connectivity index (χ0n) is 12.8. The van der Waals surface area contributed by atoms with Crippen LogP contribution in [0.3, 0.4) is 0 Å². The second-order valence-electron chi connectivity index (χ2n) is 5.56. The molecule has 1 fully saturated rings. The van der Waals surface area contributed by atoms with E-state index in [1.165, 1.54) is 0 Å². The summed E-state index contributed by atoms with van der Waals surface area (Å²) in [6.07, 6.45) is 4.86. The smallest absolute Gasteiger partial charge is 0.182 e. The molecular formula is C16H25NO3S. The zero-order valence-corrected chi connectivity index (χ0v) is 13.7. The fourth-order valence-electron chi connectivity index (χ4n) is 3.09. The first-order valence-corrected chi connectivity index (χ1v) is 9.25. The summed E-state index contributed by atoms with van der Waals surface area (Å²) in [5.74, 6) is 0.588. The minimum atomic E-state index is -3.33. The van der Waals surface area contributed by atoms with Gasteiger partial charge in [-0.15, -0.1) is 0 Å². The zero-order chi connectivity index (χ0) is 15.3. The maximum atomic E-state index is 13.0. The Bertz CT molecular complexity index is 556. The third-order valence-electron chi connectivity index (χ3n) is 4.19. The molecule has 0 saturated heterocycles. The Labute approximate surface area is 127 Å². The lowest BCUT2D eigenvalue weighted by Crippen LogP contribution is -2.43. The van der Waals surface area contributed by atoms with Crippen LogP contribution in [0.2, 0.25) is 0 Å². The fourth-order valence-corrected chi connectivity index (χ4v) is 5.13. The predicted molar refractivity (Wildman–Crippen MR) is 84.5 cm³/mol. The molecule has 0 aliphatic heterocycles. The molecule has 21 heavy (non-hydrogen) atoms. The maximum absolute atomic E-state index is 13.0. The Hall–Kier alpha value is -1.07. The minimum Gasteiger partial charge on any atom is -0.497 e. The second-order valence-corrected chi connectivity index (χ2v) is 7.73. The predicted octanol–water partition coefficient (Wildman–Crippen LogP) is 2.78. The van der Waals surface area contributed by atoms with E-state index >= 15 is 0 Å². The lowest BCUT2D eigenvalue weighted by Gasteiger charge is -2.26. The molecule has 118 valence electrons. The molecule has 1 aliphatic rings. The van der Waals surface area contributed by atoms with Crippen LogP contribution in [0.1, 0.15) is 39.0 Å². The highest BCUT2D eigenvalue weighted by molar-refractivity contribution is 7.92. The van der Waals surface area contributed by atoms with Gasteiger partial charge in [-0.3, -0.25) is 0 Å². The van der Waals surface area contributed by atoms with E-state index in [9.17, 15) is 8.42 Å². The molecule has 0 heterocycles. The summed E-state index contributed by atoms with van der Waals surface area (Å²) in [5.41, 5.74) is 0. The molecule has 1 saturated carbocycles. The summed E-state index contributed by atoms with van der Waals surface area (Å²) in [6, 6.07) is 6.86. The summed E-state index contributed by atoms with van der Waals surface area (Å²) in [7, 11) is -1.78. The molecular weight excluding hydrogens is 286 g/mol. The SMILES string of the molecule is CCNC1CCCCCC1S(=O)(=O)c1cccc(OC)c1. The average molecular weight is 311 g/mol. The molecule has 1 N–H and O–H groups in total.